The van der Waals surface area contributed by atoms with Crippen molar-refractivity contribution in [3.05, 3.63) is 247 Å². The van der Waals surface area contributed by atoms with Crippen LogP contribution in [0.25, 0.3) is 123 Å². The summed E-state index contributed by atoms with van der Waals surface area (Å²) in [5.74, 6) is 1.70. The molecule has 3 heterocycles. The van der Waals surface area contributed by atoms with Crippen molar-refractivity contribution in [1.29, 1.82) is 5.26 Å². The van der Waals surface area contributed by atoms with E-state index in [4.69, 9.17) is 15.0 Å². The summed E-state index contributed by atoms with van der Waals surface area (Å²) in [5, 5.41) is 15.9. The molecule has 10 aromatic carbocycles. The van der Waals surface area contributed by atoms with Crippen LogP contribution in [0.1, 0.15) is 16.7 Å². The van der Waals surface area contributed by atoms with Gasteiger partial charge in [0.2, 0.25) is 0 Å². The molecule has 0 saturated carbocycles. The summed E-state index contributed by atoms with van der Waals surface area (Å²) in [7, 11) is 0. The summed E-state index contributed by atoms with van der Waals surface area (Å²) in [6.07, 6.45) is 0. The van der Waals surface area contributed by atoms with Gasteiger partial charge in [-0.15, -0.1) is 0 Å². The van der Waals surface area contributed by atoms with E-state index in [1.165, 1.54) is 22.3 Å². The van der Waals surface area contributed by atoms with Crippen LogP contribution in [-0.2, 0) is 0 Å². The summed E-state index contributed by atoms with van der Waals surface area (Å²) in [4.78, 5) is 15.6. The lowest BCUT2D eigenvalue weighted by molar-refractivity contribution is 1.06. The van der Waals surface area contributed by atoms with Crippen LogP contribution in [0.2, 0.25) is 0 Å². The van der Waals surface area contributed by atoms with Gasteiger partial charge in [-0.3, -0.25) is 0 Å². The Kier molecular flexibility index (Phi) is 10.2. The van der Waals surface area contributed by atoms with Crippen LogP contribution in [0.4, 0.5) is 0 Å². The van der Waals surface area contributed by atoms with Gasteiger partial charge in [0.05, 0.1) is 39.0 Å². The van der Waals surface area contributed by atoms with Crippen LogP contribution in [0.15, 0.2) is 231 Å². The Morgan fingerprint density at radius 2 is 0.764 bits per heavy atom. The van der Waals surface area contributed by atoms with Crippen LogP contribution < -0.4 is 0 Å². The molecule has 3 aromatic heterocycles. The molecule has 13 rings (SSSR count). The minimum atomic E-state index is 0.538. The predicted molar refractivity (Wildman–Crippen MR) is 295 cm³/mol. The number of benzene rings is 10. The first-order valence-electron chi connectivity index (χ1n) is 24.2. The van der Waals surface area contributed by atoms with Crippen molar-refractivity contribution >= 4 is 43.6 Å². The quantitative estimate of drug-likeness (QED) is 0.152. The maximum Gasteiger partial charge on any atom is 0.166 e. The first-order chi connectivity index (χ1) is 35.5. The molecule has 0 N–H and O–H groups in total. The number of nitriles is 1. The minimum absolute atomic E-state index is 0.538. The van der Waals surface area contributed by atoms with E-state index in [2.05, 4.69) is 199 Å². The Hall–Kier alpha value is -9.70. The molecule has 13 aromatic rings. The van der Waals surface area contributed by atoms with E-state index in [0.717, 1.165) is 93.9 Å². The molecule has 6 heteroatoms. The zero-order chi connectivity index (χ0) is 48.3. The third-order valence-electron chi connectivity index (χ3n) is 13.9. The lowest BCUT2D eigenvalue weighted by Gasteiger charge is -2.18. The van der Waals surface area contributed by atoms with Crippen molar-refractivity contribution < 1.29 is 0 Å². The van der Waals surface area contributed by atoms with E-state index in [1.54, 1.807) is 0 Å². The normalized spacial score (nSPS) is 11.5. The molecule has 0 unspecified atom stereocenters. The van der Waals surface area contributed by atoms with Gasteiger partial charge in [-0.2, -0.15) is 5.26 Å². The van der Waals surface area contributed by atoms with Crippen LogP contribution in [0.3, 0.4) is 0 Å². The average Bonchev–Trinajstić information content (AvgIpc) is 3.95. The second kappa shape index (κ2) is 17.4. The summed E-state index contributed by atoms with van der Waals surface area (Å²) in [6, 6.07) is 83.3. The number of hydrogen-bond donors (Lipinski definition) is 0. The fourth-order valence-corrected chi connectivity index (χ4v) is 10.6. The Morgan fingerprint density at radius 3 is 1.31 bits per heavy atom. The zero-order valence-corrected chi connectivity index (χ0v) is 39.6. The summed E-state index contributed by atoms with van der Waals surface area (Å²) < 4.78 is 4.59. The molecule has 0 aliphatic heterocycles. The van der Waals surface area contributed by atoms with Gasteiger partial charge in [0.1, 0.15) is 6.07 Å². The van der Waals surface area contributed by atoms with Crippen molar-refractivity contribution in [2.45, 2.75) is 13.8 Å². The van der Waals surface area contributed by atoms with E-state index in [9.17, 15) is 5.26 Å². The highest BCUT2D eigenvalue weighted by molar-refractivity contribution is 6.12. The third-order valence-corrected chi connectivity index (χ3v) is 13.9. The fourth-order valence-electron chi connectivity index (χ4n) is 10.6. The molecular weight excluding hydrogens is 877 g/mol. The Balaban J connectivity index is 1.06. The molecule has 0 saturated heterocycles. The van der Waals surface area contributed by atoms with Gasteiger partial charge in [-0.05, 0) is 96.3 Å². The van der Waals surface area contributed by atoms with Crippen LogP contribution in [0, 0.1) is 25.2 Å². The van der Waals surface area contributed by atoms with E-state index < -0.39 is 0 Å². The van der Waals surface area contributed by atoms with E-state index >= 15 is 0 Å². The molecule has 0 fully saturated rings. The predicted octanol–water partition coefficient (Wildman–Crippen LogP) is 16.6. The average molecular weight is 921 g/mol. The molecule has 0 aliphatic carbocycles. The van der Waals surface area contributed by atoms with E-state index in [0.29, 0.717) is 23.0 Å². The third kappa shape index (κ3) is 7.23. The summed E-state index contributed by atoms with van der Waals surface area (Å²) >= 11 is 0. The standard InChI is InChI=1S/C66H44N6/c1-42-16-13-22-46(36-42)48-31-34-61-55(38-48)52-24-9-11-27-58(52)71(61)60-29-15-26-51(57(60)41-67)50-30-33-54(66-69-64(44-18-5-3-6-19-44)68-65(70-66)45-20-7-4-8-21-45)63(40-50)72-59-28-12-10-25-53(59)56-39-49(32-35-62(56)72)47-23-14-17-43(2)37-47/h3-40H,1-2H3. The molecular formula is C66H44N6. The van der Waals surface area contributed by atoms with Crippen molar-refractivity contribution in [3.63, 3.8) is 0 Å². The SMILES string of the molecule is Cc1cccc(-c2ccc3c(c2)c2ccccc2n3-c2cc(-c3cccc(-n4c5ccccc5c5cc(-c6cccc(C)c6)ccc54)c3C#N)ccc2-c2nc(-c3ccccc3)nc(-c3ccccc3)n2)c1. The lowest BCUT2D eigenvalue weighted by Crippen LogP contribution is -2.04. The van der Waals surface area contributed by atoms with Crippen LogP contribution in [0.5, 0.6) is 0 Å². The highest BCUT2D eigenvalue weighted by Gasteiger charge is 2.23. The molecule has 6 nitrogen and oxygen atoms in total. The van der Waals surface area contributed by atoms with Gasteiger partial charge in [0, 0.05) is 43.8 Å². The molecule has 0 bridgehead atoms. The van der Waals surface area contributed by atoms with Gasteiger partial charge >= 0.3 is 0 Å². The van der Waals surface area contributed by atoms with Crippen molar-refractivity contribution in [1.82, 2.24) is 24.1 Å². The Labute approximate surface area is 417 Å². The largest absolute Gasteiger partial charge is 0.308 e. The van der Waals surface area contributed by atoms with Gasteiger partial charge < -0.3 is 9.13 Å². The topological polar surface area (TPSA) is 72.3 Å². The molecule has 72 heavy (non-hydrogen) atoms. The molecule has 0 amide bonds. The highest BCUT2D eigenvalue weighted by atomic mass is 15.1. The minimum Gasteiger partial charge on any atom is -0.308 e. The first kappa shape index (κ1) is 42.4. The Bertz CT molecular complexity index is 4250. The van der Waals surface area contributed by atoms with Crippen molar-refractivity contribution in [3.8, 4) is 85.0 Å². The number of fused-ring (bicyclic) bond motifs is 6. The van der Waals surface area contributed by atoms with Crippen LogP contribution in [-0.4, -0.2) is 24.1 Å². The van der Waals surface area contributed by atoms with Gasteiger partial charge in [-0.25, -0.2) is 15.0 Å². The van der Waals surface area contributed by atoms with E-state index in [1.807, 2.05) is 60.7 Å². The first-order valence-corrected chi connectivity index (χ1v) is 24.2. The lowest BCUT2D eigenvalue weighted by atomic mass is 9.96. The Morgan fingerprint density at radius 1 is 0.319 bits per heavy atom. The van der Waals surface area contributed by atoms with E-state index in [-0.39, 0.29) is 0 Å². The number of nitrogens with zero attached hydrogens (tertiary/aromatic N) is 6. The number of rotatable bonds is 8. The van der Waals surface area contributed by atoms with Crippen molar-refractivity contribution in [2.75, 3.05) is 0 Å². The second-order valence-electron chi connectivity index (χ2n) is 18.5. The maximum absolute atomic E-state index is 11.4. The van der Waals surface area contributed by atoms with Gasteiger partial charge in [0.15, 0.2) is 17.5 Å². The molecule has 0 radical (unpaired) electrons. The van der Waals surface area contributed by atoms with Gasteiger partial charge in [-0.1, -0.05) is 187 Å². The van der Waals surface area contributed by atoms with Crippen LogP contribution >= 0.6 is 0 Å². The van der Waals surface area contributed by atoms with Gasteiger partial charge in [0.25, 0.3) is 0 Å². The smallest absolute Gasteiger partial charge is 0.166 e. The summed E-state index contributed by atoms with van der Waals surface area (Å²) in [5.41, 5.74) is 17.8. The second-order valence-corrected chi connectivity index (χ2v) is 18.5. The van der Waals surface area contributed by atoms with Crippen molar-refractivity contribution in [2.24, 2.45) is 0 Å². The molecule has 0 spiro atoms. The number of para-hydroxylation sites is 2. The highest BCUT2D eigenvalue weighted by Crippen LogP contribution is 2.42. The zero-order valence-electron chi connectivity index (χ0n) is 39.6. The molecule has 0 aliphatic rings. The molecule has 338 valence electrons. The maximum atomic E-state index is 11.4. The molecule has 0 atom stereocenters. The summed E-state index contributed by atoms with van der Waals surface area (Å²) in [6.45, 7) is 4.26. The number of hydrogen-bond acceptors (Lipinski definition) is 4. The number of aromatic nitrogens is 5. The fraction of sp³-hybridized carbons (Fsp3) is 0.0303. The monoisotopic (exact) mass is 920 g/mol. The number of aryl methyl sites for hydroxylation is 2.